The molecule has 1 amide bonds. The first-order chi connectivity index (χ1) is 12.8. The number of pyridine rings is 1. The van der Waals surface area contributed by atoms with Crippen LogP contribution in [0.2, 0.25) is 0 Å². The summed E-state index contributed by atoms with van der Waals surface area (Å²) in [6.45, 7) is 0.374. The Morgan fingerprint density at radius 1 is 0.962 bits per heavy atom. The highest BCUT2D eigenvalue weighted by atomic mass is 16.1. The topological polar surface area (TPSA) is 82.7 Å². The van der Waals surface area contributed by atoms with Crippen LogP contribution in [0.15, 0.2) is 85.5 Å². The fraction of sp³-hybridized carbons (Fsp3) is 0.0500. The Bertz CT molecular complexity index is 908. The number of para-hydroxylation sites is 2. The Hall–Kier alpha value is -3.67. The second-order valence-corrected chi connectivity index (χ2v) is 5.39. The van der Waals surface area contributed by atoms with Crippen LogP contribution in [0, 0.1) is 0 Å². The molecule has 0 aliphatic carbocycles. The maximum atomic E-state index is 11.7. The van der Waals surface area contributed by atoms with Crippen LogP contribution < -0.4 is 10.6 Å². The minimum atomic E-state index is -0.0954. The number of hydrogen-bond acceptors (Lipinski definition) is 4. The Labute approximate surface area is 151 Å². The number of aromatic nitrogens is 3. The summed E-state index contributed by atoms with van der Waals surface area (Å²) < 4.78 is 0. The molecule has 26 heavy (non-hydrogen) atoms. The molecule has 0 atom stereocenters. The molecule has 0 saturated carbocycles. The number of hydrogen-bond donors (Lipinski definition) is 3. The van der Waals surface area contributed by atoms with Gasteiger partial charge < -0.3 is 15.6 Å². The SMILES string of the molecule is O=C(NCNc1cccnc1)c1ccccc1.c1ccc2[nH]cnc2c1. The van der Waals surface area contributed by atoms with Crippen molar-refractivity contribution in [3.05, 3.63) is 91.0 Å². The number of H-pyrrole nitrogens is 1. The molecule has 0 fully saturated rings. The smallest absolute Gasteiger partial charge is 0.252 e. The summed E-state index contributed by atoms with van der Waals surface area (Å²) in [4.78, 5) is 22.7. The lowest BCUT2D eigenvalue weighted by molar-refractivity contribution is 0.0956. The molecule has 4 aromatic rings. The van der Waals surface area contributed by atoms with Crippen LogP contribution in [0.1, 0.15) is 10.4 Å². The van der Waals surface area contributed by atoms with Crippen molar-refractivity contribution in [2.24, 2.45) is 0 Å². The molecule has 0 unspecified atom stereocenters. The molecule has 130 valence electrons. The van der Waals surface area contributed by atoms with E-state index in [-0.39, 0.29) is 5.91 Å². The van der Waals surface area contributed by atoms with Crippen LogP contribution >= 0.6 is 0 Å². The van der Waals surface area contributed by atoms with E-state index in [2.05, 4.69) is 25.6 Å². The van der Waals surface area contributed by atoms with Crippen LogP contribution in [-0.4, -0.2) is 27.5 Å². The number of fused-ring (bicyclic) bond motifs is 1. The third-order valence-corrected chi connectivity index (χ3v) is 3.57. The lowest BCUT2D eigenvalue weighted by Crippen LogP contribution is -2.28. The molecule has 6 heteroatoms. The first kappa shape index (κ1) is 17.2. The van der Waals surface area contributed by atoms with Crippen molar-refractivity contribution in [3.63, 3.8) is 0 Å². The van der Waals surface area contributed by atoms with Crippen molar-refractivity contribution < 1.29 is 4.79 Å². The van der Waals surface area contributed by atoms with Crippen molar-refractivity contribution in [2.75, 3.05) is 12.0 Å². The van der Waals surface area contributed by atoms with Gasteiger partial charge in [0.15, 0.2) is 0 Å². The fourth-order valence-corrected chi connectivity index (χ4v) is 2.27. The van der Waals surface area contributed by atoms with Gasteiger partial charge in [-0.05, 0) is 36.4 Å². The third kappa shape index (κ3) is 4.91. The minimum Gasteiger partial charge on any atom is -0.367 e. The summed E-state index contributed by atoms with van der Waals surface area (Å²) in [5.74, 6) is -0.0954. The van der Waals surface area contributed by atoms with Gasteiger partial charge in [-0.3, -0.25) is 9.78 Å². The molecule has 4 rings (SSSR count). The van der Waals surface area contributed by atoms with E-state index in [1.54, 1.807) is 30.9 Å². The van der Waals surface area contributed by atoms with E-state index in [0.717, 1.165) is 16.7 Å². The van der Waals surface area contributed by atoms with Crippen LogP contribution in [0.4, 0.5) is 5.69 Å². The average molecular weight is 345 g/mol. The van der Waals surface area contributed by atoms with Gasteiger partial charge in [0.2, 0.25) is 0 Å². The highest BCUT2D eigenvalue weighted by Gasteiger charge is 2.02. The molecule has 0 spiro atoms. The maximum Gasteiger partial charge on any atom is 0.252 e. The number of carbonyl (C=O) groups excluding carboxylic acids is 1. The van der Waals surface area contributed by atoms with Crippen LogP contribution in [0.3, 0.4) is 0 Å². The standard InChI is InChI=1S/C13H13N3O.C7H6N2/c17-13(11-5-2-1-3-6-11)16-10-15-12-7-4-8-14-9-12;1-2-4-7-6(3-1)8-5-9-7/h1-9,15H,10H2,(H,16,17);1-5H,(H,8,9). The molecule has 2 heterocycles. The highest BCUT2D eigenvalue weighted by Crippen LogP contribution is 2.05. The van der Waals surface area contributed by atoms with Crippen molar-refractivity contribution in [1.82, 2.24) is 20.3 Å². The summed E-state index contributed by atoms with van der Waals surface area (Å²) >= 11 is 0. The van der Waals surface area contributed by atoms with Gasteiger partial charge in [0.05, 0.1) is 29.7 Å². The predicted octanol–water partition coefficient (Wildman–Crippen LogP) is 3.44. The summed E-state index contributed by atoms with van der Waals surface area (Å²) in [7, 11) is 0. The van der Waals surface area contributed by atoms with E-state index in [4.69, 9.17) is 0 Å². The van der Waals surface area contributed by atoms with Crippen LogP contribution in [0.5, 0.6) is 0 Å². The molecular formula is C20H19N5O. The number of carbonyl (C=O) groups is 1. The molecule has 6 nitrogen and oxygen atoms in total. The lowest BCUT2D eigenvalue weighted by atomic mass is 10.2. The zero-order valence-electron chi connectivity index (χ0n) is 14.1. The van der Waals surface area contributed by atoms with E-state index in [1.165, 1.54) is 0 Å². The molecule has 3 N–H and O–H groups in total. The fourth-order valence-electron chi connectivity index (χ4n) is 2.27. The van der Waals surface area contributed by atoms with Crippen molar-refractivity contribution >= 4 is 22.6 Å². The van der Waals surface area contributed by atoms with Gasteiger partial charge in [0.25, 0.3) is 5.91 Å². The largest absolute Gasteiger partial charge is 0.367 e. The van der Waals surface area contributed by atoms with Gasteiger partial charge in [-0.1, -0.05) is 30.3 Å². The number of nitrogens with zero attached hydrogens (tertiary/aromatic N) is 2. The second-order valence-electron chi connectivity index (χ2n) is 5.39. The number of imidazole rings is 1. The highest BCUT2D eigenvalue weighted by molar-refractivity contribution is 5.94. The quantitative estimate of drug-likeness (QED) is 0.495. The summed E-state index contributed by atoms with van der Waals surface area (Å²) in [5.41, 5.74) is 3.65. The second kappa shape index (κ2) is 8.98. The van der Waals surface area contributed by atoms with Crippen LogP contribution in [0.25, 0.3) is 11.0 Å². The maximum absolute atomic E-state index is 11.7. The molecule has 0 bridgehead atoms. The number of anilines is 1. The summed E-state index contributed by atoms with van der Waals surface area (Å²) in [6, 6.07) is 20.8. The Morgan fingerprint density at radius 3 is 2.54 bits per heavy atom. The van der Waals surface area contributed by atoms with E-state index >= 15 is 0 Å². The lowest BCUT2D eigenvalue weighted by Gasteiger charge is -2.07. The Kier molecular flexibility index (Phi) is 5.93. The van der Waals surface area contributed by atoms with E-state index in [0.29, 0.717) is 12.2 Å². The van der Waals surface area contributed by atoms with Gasteiger partial charge in [0, 0.05) is 18.0 Å². The van der Waals surface area contributed by atoms with Gasteiger partial charge >= 0.3 is 0 Å². The van der Waals surface area contributed by atoms with Crippen LogP contribution in [-0.2, 0) is 0 Å². The number of amides is 1. The van der Waals surface area contributed by atoms with Crippen molar-refractivity contribution in [2.45, 2.75) is 0 Å². The zero-order chi connectivity index (χ0) is 18.0. The van der Waals surface area contributed by atoms with Gasteiger partial charge in [-0.25, -0.2) is 4.98 Å². The van der Waals surface area contributed by atoms with Crippen molar-refractivity contribution in [1.29, 1.82) is 0 Å². The number of aromatic amines is 1. The van der Waals surface area contributed by atoms with Gasteiger partial charge in [-0.15, -0.1) is 0 Å². The van der Waals surface area contributed by atoms with E-state index in [1.807, 2.05) is 54.6 Å². The molecule has 0 saturated heterocycles. The molecule has 0 aliphatic rings. The molecular weight excluding hydrogens is 326 g/mol. The summed E-state index contributed by atoms with van der Waals surface area (Å²) in [5, 5.41) is 5.82. The molecule has 2 aromatic heterocycles. The van der Waals surface area contributed by atoms with Crippen molar-refractivity contribution in [3.8, 4) is 0 Å². The molecule has 0 aliphatic heterocycles. The molecule has 0 radical (unpaired) electrons. The number of rotatable bonds is 4. The number of nitrogens with one attached hydrogen (secondary N) is 3. The number of benzene rings is 2. The van der Waals surface area contributed by atoms with E-state index in [9.17, 15) is 4.79 Å². The monoisotopic (exact) mass is 345 g/mol. The normalized spacial score (nSPS) is 9.85. The summed E-state index contributed by atoms with van der Waals surface area (Å²) in [6.07, 6.45) is 5.10. The predicted molar refractivity (Wildman–Crippen MR) is 103 cm³/mol. The first-order valence-electron chi connectivity index (χ1n) is 8.18. The minimum absolute atomic E-state index is 0.0954. The van der Waals surface area contributed by atoms with E-state index < -0.39 is 0 Å². The average Bonchev–Trinajstić information content (AvgIpc) is 3.19. The van der Waals surface area contributed by atoms with Gasteiger partial charge in [0.1, 0.15) is 0 Å². The Balaban J connectivity index is 0.000000181. The third-order valence-electron chi connectivity index (χ3n) is 3.57. The van der Waals surface area contributed by atoms with Gasteiger partial charge in [-0.2, -0.15) is 0 Å². The first-order valence-corrected chi connectivity index (χ1v) is 8.18. The molecule has 2 aromatic carbocycles. The zero-order valence-corrected chi connectivity index (χ0v) is 14.1. The Morgan fingerprint density at radius 2 is 1.77 bits per heavy atom.